The zero-order valence-electron chi connectivity index (χ0n) is 12.3. The van der Waals surface area contributed by atoms with Crippen LogP contribution in [0.1, 0.15) is 18.9 Å². The van der Waals surface area contributed by atoms with Gasteiger partial charge in [0.1, 0.15) is 5.82 Å². The van der Waals surface area contributed by atoms with Crippen LogP contribution in [0.3, 0.4) is 0 Å². The molecule has 0 saturated carbocycles. The van der Waals surface area contributed by atoms with Gasteiger partial charge in [-0.15, -0.1) is 0 Å². The van der Waals surface area contributed by atoms with Crippen molar-refractivity contribution in [1.29, 1.82) is 0 Å². The molecular weight excluding hydrogens is 299 g/mol. The first kappa shape index (κ1) is 17.8. The molecule has 0 amide bonds. The lowest BCUT2D eigenvalue weighted by molar-refractivity contribution is 0.0292. The Balaban J connectivity index is 2.93. The van der Waals surface area contributed by atoms with Gasteiger partial charge in [0.05, 0.1) is 10.5 Å². The minimum atomic E-state index is -3.96. The standard InChI is InChI=1S/C13H21FN2O4S/c1-9-11(14)6-10(15)7-12(9)21(18,19)16-8-13(2,17)4-5-20-3/h6-7,16-17H,4-5,8,15H2,1-3H3. The molecular formula is C13H21FN2O4S. The van der Waals surface area contributed by atoms with Gasteiger partial charge in [-0.25, -0.2) is 17.5 Å². The van der Waals surface area contributed by atoms with Crippen molar-refractivity contribution in [3.63, 3.8) is 0 Å². The number of hydrogen-bond acceptors (Lipinski definition) is 5. The molecule has 1 rings (SSSR count). The number of nitrogen functional groups attached to an aromatic ring is 1. The van der Waals surface area contributed by atoms with Gasteiger partial charge in [0, 0.05) is 37.9 Å². The Morgan fingerprint density at radius 3 is 2.67 bits per heavy atom. The van der Waals surface area contributed by atoms with Crippen molar-refractivity contribution < 1.29 is 22.7 Å². The minimum Gasteiger partial charge on any atom is -0.399 e. The molecule has 0 radical (unpaired) electrons. The van der Waals surface area contributed by atoms with E-state index in [0.717, 1.165) is 6.07 Å². The largest absolute Gasteiger partial charge is 0.399 e. The van der Waals surface area contributed by atoms with Gasteiger partial charge in [0.25, 0.3) is 0 Å². The van der Waals surface area contributed by atoms with Gasteiger partial charge < -0.3 is 15.6 Å². The molecule has 21 heavy (non-hydrogen) atoms. The Morgan fingerprint density at radius 2 is 2.10 bits per heavy atom. The van der Waals surface area contributed by atoms with Crippen molar-refractivity contribution in [2.45, 2.75) is 30.8 Å². The van der Waals surface area contributed by atoms with E-state index in [9.17, 15) is 17.9 Å². The highest BCUT2D eigenvalue weighted by Crippen LogP contribution is 2.22. The number of aliphatic hydroxyl groups is 1. The zero-order valence-corrected chi connectivity index (χ0v) is 13.1. The van der Waals surface area contributed by atoms with Crippen LogP contribution in [0, 0.1) is 12.7 Å². The second-order valence-electron chi connectivity index (χ2n) is 5.19. The fraction of sp³-hybridized carbons (Fsp3) is 0.538. The highest BCUT2D eigenvalue weighted by Gasteiger charge is 2.25. The molecule has 1 aromatic carbocycles. The molecule has 0 aliphatic rings. The Labute approximate surface area is 124 Å². The topological polar surface area (TPSA) is 102 Å². The summed E-state index contributed by atoms with van der Waals surface area (Å²) < 4.78 is 45.1. The summed E-state index contributed by atoms with van der Waals surface area (Å²) in [5, 5.41) is 10.0. The molecule has 0 spiro atoms. The van der Waals surface area contributed by atoms with E-state index in [1.54, 1.807) is 0 Å². The zero-order chi connectivity index (χ0) is 16.3. The molecule has 0 fully saturated rings. The molecule has 1 atom stereocenters. The Hall–Kier alpha value is -1.22. The van der Waals surface area contributed by atoms with Gasteiger partial charge in [0.15, 0.2) is 0 Å². The number of anilines is 1. The first-order valence-electron chi connectivity index (χ1n) is 6.36. The van der Waals surface area contributed by atoms with Crippen LogP contribution >= 0.6 is 0 Å². The lowest BCUT2D eigenvalue weighted by atomic mass is 10.0. The van der Waals surface area contributed by atoms with E-state index in [2.05, 4.69) is 4.72 Å². The molecule has 1 aromatic rings. The lowest BCUT2D eigenvalue weighted by Crippen LogP contribution is -2.41. The van der Waals surface area contributed by atoms with Gasteiger partial charge >= 0.3 is 0 Å². The fourth-order valence-corrected chi connectivity index (χ4v) is 3.14. The van der Waals surface area contributed by atoms with E-state index in [-0.39, 0.29) is 29.1 Å². The van der Waals surface area contributed by atoms with Gasteiger partial charge in [-0.3, -0.25) is 0 Å². The average molecular weight is 320 g/mol. The number of benzene rings is 1. The van der Waals surface area contributed by atoms with E-state index in [0.29, 0.717) is 6.61 Å². The highest BCUT2D eigenvalue weighted by atomic mass is 32.2. The third kappa shape index (κ3) is 4.92. The van der Waals surface area contributed by atoms with E-state index < -0.39 is 21.4 Å². The Kier molecular flexibility index (Phi) is 5.68. The summed E-state index contributed by atoms with van der Waals surface area (Å²) in [6, 6.07) is 2.24. The maximum absolute atomic E-state index is 13.6. The molecule has 0 aromatic heterocycles. The fourth-order valence-electron chi connectivity index (χ4n) is 1.69. The van der Waals surface area contributed by atoms with E-state index in [1.165, 1.54) is 27.0 Å². The SMILES string of the molecule is COCCC(C)(O)CNS(=O)(=O)c1cc(N)cc(F)c1C. The van der Waals surface area contributed by atoms with Crippen LogP contribution in [0.2, 0.25) is 0 Å². The van der Waals surface area contributed by atoms with E-state index >= 15 is 0 Å². The van der Waals surface area contributed by atoms with Crippen molar-refractivity contribution in [2.75, 3.05) is 26.0 Å². The third-order valence-electron chi connectivity index (χ3n) is 3.10. The molecule has 0 saturated heterocycles. The number of nitrogens with two attached hydrogens (primary N) is 1. The molecule has 0 aliphatic carbocycles. The monoisotopic (exact) mass is 320 g/mol. The summed E-state index contributed by atoms with van der Waals surface area (Å²) in [4.78, 5) is -0.234. The lowest BCUT2D eigenvalue weighted by Gasteiger charge is -2.23. The van der Waals surface area contributed by atoms with Crippen LogP contribution < -0.4 is 10.5 Å². The summed E-state index contributed by atoms with van der Waals surface area (Å²) in [5.74, 6) is -0.693. The van der Waals surface area contributed by atoms with Crippen molar-refractivity contribution in [1.82, 2.24) is 4.72 Å². The summed E-state index contributed by atoms with van der Waals surface area (Å²) >= 11 is 0. The summed E-state index contributed by atoms with van der Waals surface area (Å²) in [6.45, 7) is 2.92. The average Bonchev–Trinajstić information content (AvgIpc) is 2.38. The van der Waals surface area contributed by atoms with Crippen molar-refractivity contribution >= 4 is 15.7 Å². The predicted octanol–water partition coefficient (Wildman–Crippen LogP) is 0.782. The van der Waals surface area contributed by atoms with Crippen LogP contribution in [0.5, 0.6) is 0 Å². The quantitative estimate of drug-likeness (QED) is 0.645. The van der Waals surface area contributed by atoms with Crippen LogP contribution in [0.15, 0.2) is 17.0 Å². The predicted molar refractivity (Wildman–Crippen MR) is 77.9 cm³/mol. The molecule has 6 nitrogen and oxygen atoms in total. The number of hydrogen-bond donors (Lipinski definition) is 3. The second-order valence-corrected chi connectivity index (χ2v) is 6.93. The van der Waals surface area contributed by atoms with Gasteiger partial charge in [-0.1, -0.05) is 0 Å². The molecule has 0 bridgehead atoms. The minimum absolute atomic E-state index is 0.0182. The Morgan fingerprint density at radius 1 is 1.48 bits per heavy atom. The van der Waals surface area contributed by atoms with Crippen LogP contribution in [-0.2, 0) is 14.8 Å². The van der Waals surface area contributed by atoms with Crippen LogP contribution in [-0.4, -0.2) is 39.4 Å². The van der Waals surface area contributed by atoms with E-state index in [1.807, 2.05) is 0 Å². The maximum atomic E-state index is 13.6. The number of methoxy groups -OCH3 is 1. The maximum Gasteiger partial charge on any atom is 0.241 e. The number of ether oxygens (including phenoxy) is 1. The smallest absolute Gasteiger partial charge is 0.241 e. The number of halogens is 1. The van der Waals surface area contributed by atoms with Gasteiger partial charge in [-0.05, 0) is 26.0 Å². The van der Waals surface area contributed by atoms with Crippen molar-refractivity contribution in [3.8, 4) is 0 Å². The summed E-state index contributed by atoms with van der Waals surface area (Å²) in [7, 11) is -2.48. The van der Waals surface area contributed by atoms with E-state index in [4.69, 9.17) is 10.5 Å². The highest BCUT2D eigenvalue weighted by molar-refractivity contribution is 7.89. The first-order chi connectivity index (χ1) is 9.59. The molecule has 8 heteroatoms. The van der Waals surface area contributed by atoms with Crippen molar-refractivity contribution in [3.05, 3.63) is 23.5 Å². The van der Waals surface area contributed by atoms with Crippen molar-refractivity contribution in [2.24, 2.45) is 0 Å². The van der Waals surface area contributed by atoms with Crippen LogP contribution in [0.25, 0.3) is 0 Å². The Bertz CT molecular complexity index is 602. The van der Waals surface area contributed by atoms with Gasteiger partial charge in [-0.2, -0.15) is 0 Å². The number of sulfonamides is 1. The molecule has 120 valence electrons. The van der Waals surface area contributed by atoms with Crippen LogP contribution in [0.4, 0.5) is 10.1 Å². The second kappa shape index (κ2) is 6.69. The summed E-state index contributed by atoms with van der Waals surface area (Å²) in [6.07, 6.45) is 0.260. The van der Waals surface area contributed by atoms with Gasteiger partial charge in [0.2, 0.25) is 10.0 Å². The molecule has 0 heterocycles. The number of nitrogens with one attached hydrogen (secondary N) is 1. The summed E-state index contributed by atoms with van der Waals surface area (Å²) in [5.41, 5.74) is 4.20. The molecule has 1 unspecified atom stereocenters. The number of rotatable bonds is 7. The third-order valence-corrected chi connectivity index (χ3v) is 4.62. The normalized spacial score (nSPS) is 14.9. The first-order valence-corrected chi connectivity index (χ1v) is 7.84. The molecule has 0 aliphatic heterocycles. The molecule has 4 N–H and O–H groups in total.